The average molecular weight is 280 g/mol. The second-order valence-corrected chi connectivity index (χ2v) is 6.92. The number of hydrogen-bond donors (Lipinski definition) is 1. The van der Waals surface area contributed by atoms with E-state index in [1.807, 2.05) is 0 Å². The van der Waals surface area contributed by atoms with E-state index in [-0.39, 0.29) is 6.04 Å². The Balaban J connectivity index is 1.46. The third-order valence-corrected chi connectivity index (χ3v) is 5.60. The molecule has 3 fully saturated rings. The smallest absolute Gasteiger partial charge is 0.320 e. The van der Waals surface area contributed by atoms with Gasteiger partial charge >= 0.3 is 5.97 Å². The summed E-state index contributed by atoms with van der Waals surface area (Å²) in [6.45, 7) is 4.62. The van der Waals surface area contributed by atoms with Crippen molar-refractivity contribution in [3.8, 4) is 0 Å². The Kier molecular flexibility index (Phi) is 4.61. The average Bonchev–Trinajstić information content (AvgIpc) is 3.10. The Morgan fingerprint density at radius 3 is 2.30 bits per heavy atom. The van der Waals surface area contributed by atoms with E-state index in [1.54, 1.807) is 0 Å². The molecule has 0 bridgehead atoms. The molecule has 0 aromatic carbocycles. The molecule has 1 saturated carbocycles. The third-order valence-electron chi connectivity index (χ3n) is 5.60. The maximum atomic E-state index is 11.3. The van der Waals surface area contributed by atoms with Crippen molar-refractivity contribution >= 4 is 5.97 Å². The molecule has 2 saturated heterocycles. The molecule has 0 amide bonds. The highest BCUT2D eigenvalue weighted by Gasteiger charge is 2.36. The van der Waals surface area contributed by atoms with Gasteiger partial charge in [0.1, 0.15) is 6.04 Å². The number of aliphatic carboxylic acids is 1. The lowest BCUT2D eigenvalue weighted by atomic mass is 10.00. The van der Waals surface area contributed by atoms with Crippen molar-refractivity contribution in [2.24, 2.45) is 5.92 Å². The van der Waals surface area contributed by atoms with Crippen LogP contribution in [0.3, 0.4) is 0 Å². The Morgan fingerprint density at radius 1 is 0.950 bits per heavy atom. The molecule has 0 aromatic rings. The van der Waals surface area contributed by atoms with Crippen LogP contribution in [-0.2, 0) is 4.79 Å². The molecule has 3 rings (SSSR count). The van der Waals surface area contributed by atoms with Crippen molar-refractivity contribution in [1.29, 1.82) is 0 Å². The highest BCUT2D eigenvalue weighted by Crippen LogP contribution is 2.29. The highest BCUT2D eigenvalue weighted by atomic mass is 16.4. The largest absolute Gasteiger partial charge is 0.480 e. The SMILES string of the molecule is O=C(O)C1CCCN1C1CCN(CC2CCCC2)CC1. The molecule has 2 aliphatic heterocycles. The Morgan fingerprint density at radius 2 is 1.65 bits per heavy atom. The van der Waals surface area contributed by atoms with Crippen LogP contribution >= 0.6 is 0 Å². The maximum absolute atomic E-state index is 11.3. The summed E-state index contributed by atoms with van der Waals surface area (Å²) in [4.78, 5) is 16.2. The third kappa shape index (κ3) is 3.17. The molecule has 114 valence electrons. The summed E-state index contributed by atoms with van der Waals surface area (Å²) in [5.74, 6) is 0.320. The van der Waals surface area contributed by atoms with Crippen molar-refractivity contribution in [2.75, 3.05) is 26.2 Å². The molecule has 1 N–H and O–H groups in total. The molecule has 4 nitrogen and oxygen atoms in total. The van der Waals surface area contributed by atoms with Gasteiger partial charge in [-0.2, -0.15) is 0 Å². The van der Waals surface area contributed by atoms with E-state index in [2.05, 4.69) is 9.80 Å². The van der Waals surface area contributed by atoms with Gasteiger partial charge in [0.2, 0.25) is 0 Å². The first kappa shape index (κ1) is 14.3. The monoisotopic (exact) mass is 280 g/mol. The number of hydrogen-bond acceptors (Lipinski definition) is 3. The van der Waals surface area contributed by atoms with Gasteiger partial charge in [0.15, 0.2) is 0 Å². The number of rotatable bonds is 4. The molecule has 2 heterocycles. The molecule has 20 heavy (non-hydrogen) atoms. The summed E-state index contributed by atoms with van der Waals surface area (Å²) in [6, 6.07) is 0.305. The zero-order valence-electron chi connectivity index (χ0n) is 12.5. The molecule has 3 aliphatic rings. The van der Waals surface area contributed by atoms with Gasteiger partial charge in [0.05, 0.1) is 0 Å². The number of piperidine rings is 1. The molecule has 0 spiro atoms. The van der Waals surface area contributed by atoms with Gasteiger partial charge in [0, 0.05) is 12.6 Å². The Hall–Kier alpha value is -0.610. The van der Waals surface area contributed by atoms with Crippen LogP contribution in [0.5, 0.6) is 0 Å². The van der Waals surface area contributed by atoms with Crippen molar-refractivity contribution in [1.82, 2.24) is 9.80 Å². The summed E-state index contributed by atoms with van der Waals surface area (Å²) in [6.07, 6.45) is 9.93. The van der Waals surface area contributed by atoms with Crippen LogP contribution < -0.4 is 0 Å². The van der Waals surface area contributed by atoms with E-state index in [0.717, 1.165) is 38.1 Å². The van der Waals surface area contributed by atoms with Gasteiger partial charge in [-0.3, -0.25) is 9.69 Å². The first-order chi connectivity index (χ1) is 9.74. The van der Waals surface area contributed by atoms with Gasteiger partial charge < -0.3 is 10.0 Å². The van der Waals surface area contributed by atoms with Gasteiger partial charge in [-0.25, -0.2) is 0 Å². The van der Waals surface area contributed by atoms with Crippen molar-refractivity contribution < 1.29 is 9.90 Å². The van der Waals surface area contributed by atoms with E-state index in [0.29, 0.717) is 6.04 Å². The highest BCUT2D eigenvalue weighted by molar-refractivity contribution is 5.73. The first-order valence-electron chi connectivity index (χ1n) is 8.45. The second kappa shape index (κ2) is 6.44. The fraction of sp³-hybridized carbons (Fsp3) is 0.938. The molecule has 0 aromatic heterocycles. The number of carboxylic acid groups (broad SMARTS) is 1. The number of carboxylic acids is 1. The van der Waals surface area contributed by atoms with Gasteiger partial charge in [0.25, 0.3) is 0 Å². The minimum atomic E-state index is -0.615. The first-order valence-corrected chi connectivity index (χ1v) is 8.45. The molecule has 1 aliphatic carbocycles. The van der Waals surface area contributed by atoms with Crippen LogP contribution in [0.1, 0.15) is 51.4 Å². The Labute approximate surface area is 122 Å². The van der Waals surface area contributed by atoms with E-state index in [4.69, 9.17) is 0 Å². The summed E-state index contributed by atoms with van der Waals surface area (Å²) in [5.41, 5.74) is 0. The molecule has 1 atom stereocenters. The second-order valence-electron chi connectivity index (χ2n) is 6.92. The summed E-state index contributed by atoms with van der Waals surface area (Å²) in [5, 5.41) is 9.30. The maximum Gasteiger partial charge on any atom is 0.320 e. The zero-order chi connectivity index (χ0) is 13.9. The zero-order valence-corrected chi connectivity index (χ0v) is 12.5. The molecule has 4 heteroatoms. The predicted molar refractivity (Wildman–Crippen MR) is 78.8 cm³/mol. The molecular weight excluding hydrogens is 252 g/mol. The lowest BCUT2D eigenvalue weighted by Gasteiger charge is -2.39. The summed E-state index contributed by atoms with van der Waals surface area (Å²) >= 11 is 0. The van der Waals surface area contributed by atoms with Crippen molar-refractivity contribution in [3.05, 3.63) is 0 Å². The predicted octanol–water partition coefficient (Wildman–Crippen LogP) is 2.19. The van der Waals surface area contributed by atoms with Gasteiger partial charge in [-0.05, 0) is 64.1 Å². The topological polar surface area (TPSA) is 43.8 Å². The number of carbonyl (C=O) groups is 1. The normalized spacial score (nSPS) is 31.1. The molecule has 0 radical (unpaired) electrons. The minimum absolute atomic E-state index is 0.207. The molecular formula is C16H28N2O2. The van der Waals surface area contributed by atoms with Crippen LogP contribution in [0, 0.1) is 5.92 Å². The number of nitrogens with zero attached hydrogens (tertiary/aromatic N) is 2. The van der Waals surface area contributed by atoms with Crippen LogP contribution in [0.4, 0.5) is 0 Å². The fourth-order valence-electron chi connectivity index (χ4n) is 4.48. The fourth-order valence-corrected chi connectivity index (χ4v) is 4.48. The van der Waals surface area contributed by atoms with E-state index >= 15 is 0 Å². The van der Waals surface area contributed by atoms with E-state index < -0.39 is 5.97 Å². The van der Waals surface area contributed by atoms with Crippen molar-refractivity contribution in [2.45, 2.75) is 63.5 Å². The summed E-state index contributed by atoms with van der Waals surface area (Å²) in [7, 11) is 0. The lowest BCUT2D eigenvalue weighted by molar-refractivity contribution is -0.143. The Bertz CT molecular complexity index is 333. The van der Waals surface area contributed by atoms with Crippen LogP contribution in [0.15, 0.2) is 0 Å². The quantitative estimate of drug-likeness (QED) is 0.857. The van der Waals surface area contributed by atoms with Crippen LogP contribution in [0.2, 0.25) is 0 Å². The number of likely N-dealkylation sites (tertiary alicyclic amines) is 2. The van der Waals surface area contributed by atoms with Gasteiger partial charge in [-0.1, -0.05) is 12.8 Å². The standard InChI is InChI=1S/C16H28N2O2/c19-16(20)15-6-3-9-18(15)14-7-10-17(11-8-14)12-13-4-1-2-5-13/h13-15H,1-12H2,(H,19,20). The van der Waals surface area contributed by atoms with Crippen molar-refractivity contribution in [3.63, 3.8) is 0 Å². The summed E-state index contributed by atoms with van der Waals surface area (Å²) < 4.78 is 0. The lowest BCUT2D eigenvalue weighted by Crippen LogP contribution is -2.49. The van der Waals surface area contributed by atoms with Crippen LogP contribution in [-0.4, -0.2) is 59.1 Å². The minimum Gasteiger partial charge on any atom is -0.480 e. The van der Waals surface area contributed by atoms with E-state index in [1.165, 1.54) is 45.3 Å². The molecule has 1 unspecified atom stereocenters. The van der Waals surface area contributed by atoms with Crippen LogP contribution in [0.25, 0.3) is 0 Å². The van der Waals surface area contributed by atoms with E-state index in [9.17, 15) is 9.90 Å². The van der Waals surface area contributed by atoms with Gasteiger partial charge in [-0.15, -0.1) is 0 Å².